The van der Waals surface area contributed by atoms with E-state index in [1.807, 2.05) is 0 Å². The molecule has 1 aromatic rings. The zero-order valence-electron chi connectivity index (χ0n) is 12.1. The molecule has 1 aliphatic heterocycles. The highest BCUT2D eigenvalue weighted by molar-refractivity contribution is 7.99. The minimum absolute atomic E-state index is 0.374. The number of nitrogens with one attached hydrogen (secondary N) is 1. The van der Waals surface area contributed by atoms with Gasteiger partial charge in [0.05, 0.1) is 0 Å². The van der Waals surface area contributed by atoms with Crippen molar-refractivity contribution in [2.75, 3.05) is 11.5 Å². The first-order valence-corrected chi connectivity index (χ1v) is 8.74. The van der Waals surface area contributed by atoms with Gasteiger partial charge in [-0.1, -0.05) is 38.1 Å². The lowest BCUT2D eigenvalue weighted by Crippen LogP contribution is -2.44. The molecule has 1 N–H and O–H groups in total. The molecule has 1 aliphatic carbocycles. The molecule has 1 nitrogen and oxygen atoms in total. The van der Waals surface area contributed by atoms with E-state index in [2.05, 4.69) is 55.2 Å². The molecule has 2 aliphatic rings. The van der Waals surface area contributed by atoms with Crippen LogP contribution >= 0.6 is 11.8 Å². The second kappa shape index (κ2) is 5.49. The van der Waals surface area contributed by atoms with Gasteiger partial charge in [-0.15, -0.1) is 0 Å². The summed E-state index contributed by atoms with van der Waals surface area (Å²) in [6.45, 7) is 4.86. The van der Waals surface area contributed by atoms with Gasteiger partial charge in [-0.05, 0) is 53.7 Å². The standard InChI is InChI=1S/C17H25NS/c1-17(2)10-7-13-5-3-4-6-15(13)16(17)18-14-8-11-19-12-9-14/h3-6,14,16,18H,7-12H2,1-2H3. The zero-order chi connectivity index (χ0) is 13.3. The predicted octanol–water partition coefficient (Wildman–Crippen LogP) is 4.19. The smallest absolute Gasteiger partial charge is 0.0376 e. The van der Waals surface area contributed by atoms with Crippen LogP contribution in [0.25, 0.3) is 0 Å². The van der Waals surface area contributed by atoms with Crippen LogP contribution in [0.4, 0.5) is 0 Å². The van der Waals surface area contributed by atoms with E-state index in [0.717, 1.165) is 6.04 Å². The SMILES string of the molecule is CC1(C)CCc2ccccc2C1NC1CCSCC1. The van der Waals surface area contributed by atoms with Crippen molar-refractivity contribution in [1.82, 2.24) is 5.32 Å². The van der Waals surface area contributed by atoms with E-state index < -0.39 is 0 Å². The Hall–Kier alpha value is -0.470. The normalized spacial score (nSPS) is 26.9. The first-order valence-electron chi connectivity index (χ1n) is 7.58. The van der Waals surface area contributed by atoms with E-state index in [0.29, 0.717) is 11.5 Å². The summed E-state index contributed by atoms with van der Waals surface area (Å²) in [5.41, 5.74) is 3.49. The Morgan fingerprint density at radius 2 is 1.89 bits per heavy atom. The Labute approximate surface area is 121 Å². The van der Waals surface area contributed by atoms with Crippen LogP contribution in [-0.4, -0.2) is 17.5 Å². The topological polar surface area (TPSA) is 12.0 Å². The van der Waals surface area contributed by atoms with E-state index in [1.165, 1.54) is 37.2 Å². The minimum atomic E-state index is 0.374. The second-order valence-corrected chi connectivity index (χ2v) is 7.90. The van der Waals surface area contributed by atoms with Crippen molar-refractivity contribution in [2.45, 2.75) is 51.6 Å². The number of hydrogen-bond acceptors (Lipinski definition) is 2. The van der Waals surface area contributed by atoms with Crippen LogP contribution in [0.2, 0.25) is 0 Å². The molecule has 0 spiro atoms. The van der Waals surface area contributed by atoms with Gasteiger partial charge in [0.25, 0.3) is 0 Å². The average Bonchev–Trinajstić information content (AvgIpc) is 2.43. The van der Waals surface area contributed by atoms with E-state index in [-0.39, 0.29) is 0 Å². The monoisotopic (exact) mass is 275 g/mol. The van der Waals surface area contributed by atoms with Crippen molar-refractivity contribution in [3.05, 3.63) is 35.4 Å². The molecule has 0 aromatic heterocycles. The summed E-state index contributed by atoms with van der Waals surface area (Å²) in [5, 5.41) is 3.99. The van der Waals surface area contributed by atoms with Crippen molar-refractivity contribution < 1.29 is 0 Å². The molecule has 3 rings (SSSR count). The highest BCUT2D eigenvalue weighted by Crippen LogP contribution is 2.44. The van der Waals surface area contributed by atoms with Gasteiger partial charge >= 0.3 is 0 Å². The lowest BCUT2D eigenvalue weighted by molar-refractivity contribution is 0.190. The van der Waals surface area contributed by atoms with Gasteiger partial charge in [0, 0.05) is 12.1 Å². The molecule has 1 saturated heterocycles. The molecule has 0 amide bonds. The summed E-state index contributed by atoms with van der Waals surface area (Å²) in [6.07, 6.45) is 5.20. The molecule has 104 valence electrons. The van der Waals surface area contributed by atoms with Crippen LogP contribution < -0.4 is 5.32 Å². The van der Waals surface area contributed by atoms with Crippen molar-refractivity contribution in [1.29, 1.82) is 0 Å². The Morgan fingerprint density at radius 1 is 1.16 bits per heavy atom. The quantitative estimate of drug-likeness (QED) is 0.869. The lowest BCUT2D eigenvalue weighted by Gasteiger charge is -2.43. The maximum atomic E-state index is 3.99. The summed E-state index contributed by atoms with van der Waals surface area (Å²) >= 11 is 2.11. The lowest BCUT2D eigenvalue weighted by atomic mass is 9.70. The Balaban J connectivity index is 1.84. The van der Waals surface area contributed by atoms with Crippen LogP contribution in [0.15, 0.2) is 24.3 Å². The Bertz CT molecular complexity index is 435. The summed E-state index contributed by atoms with van der Waals surface area (Å²) in [5.74, 6) is 2.65. The maximum absolute atomic E-state index is 3.99. The highest BCUT2D eigenvalue weighted by Gasteiger charge is 2.36. The van der Waals surface area contributed by atoms with Gasteiger partial charge in [-0.3, -0.25) is 0 Å². The Morgan fingerprint density at radius 3 is 2.68 bits per heavy atom. The maximum Gasteiger partial charge on any atom is 0.0376 e. The molecule has 1 atom stereocenters. The van der Waals surface area contributed by atoms with Gasteiger partial charge in [0.1, 0.15) is 0 Å². The number of thioether (sulfide) groups is 1. The Kier molecular flexibility index (Phi) is 3.91. The van der Waals surface area contributed by atoms with Gasteiger partial charge < -0.3 is 5.32 Å². The zero-order valence-corrected chi connectivity index (χ0v) is 12.9. The fourth-order valence-electron chi connectivity index (χ4n) is 3.48. The molecule has 2 heteroatoms. The number of fused-ring (bicyclic) bond motifs is 1. The average molecular weight is 275 g/mol. The van der Waals surface area contributed by atoms with Crippen LogP contribution in [-0.2, 0) is 6.42 Å². The van der Waals surface area contributed by atoms with Crippen molar-refractivity contribution in [2.24, 2.45) is 5.41 Å². The van der Waals surface area contributed by atoms with E-state index >= 15 is 0 Å². The van der Waals surface area contributed by atoms with Crippen molar-refractivity contribution in [3.63, 3.8) is 0 Å². The first kappa shape index (κ1) is 13.5. The minimum Gasteiger partial charge on any atom is -0.307 e. The molecule has 0 saturated carbocycles. The number of hydrogen-bond donors (Lipinski definition) is 1. The fraction of sp³-hybridized carbons (Fsp3) is 0.647. The molecule has 0 radical (unpaired) electrons. The number of aryl methyl sites for hydroxylation is 1. The summed E-state index contributed by atoms with van der Waals surface area (Å²) in [7, 11) is 0. The van der Waals surface area contributed by atoms with Gasteiger partial charge in [-0.25, -0.2) is 0 Å². The van der Waals surface area contributed by atoms with Crippen molar-refractivity contribution >= 4 is 11.8 Å². The van der Waals surface area contributed by atoms with Gasteiger partial charge in [0.2, 0.25) is 0 Å². The van der Waals surface area contributed by atoms with E-state index in [1.54, 1.807) is 11.1 Å². The third kappa shape index (κ3) is 2.85. The van der Waals surface area contributed by atoms with Crippen LogP contribution in [0.3, 0.4) is 0 Å². The molecular formula is C17H25NS. The van der Waals surface area contributed by atoms with Crippen LogP contribution in [0.1, 0.15) is 50.3 Å². The summed E-state index contributed by atoms with van der Waals surface area (Å²) < 4.78 is 0. The number of benzene rings is 1. The predicted molar refractivity (Wildman–Crippen MR) is 84.8 cm³/mol. The molecule has 1 unspecified atom stereocenters. The third-order valence-electron chi connectivity index (χ3n) is 4.81. The van der Waals surface area contributed by atoms with Crippen LogP contribution in [0.5, 0.6) is 0 Å². The molecule has 1 heterocycles. The third-order valence-corrected chi connectivity index (χ3v) is 5.86. The largest absolute Gasteiger partial charge is 0.307 e. The molecular weight excluding hydrogens is 250 g/mol. The molecule has 0 bridgehead atoms. The van der Waals surface area contributed by atoms with Gasteiger partial charge in [0.15, 0.2) is 0 Å². The van der Waals surface area contributed by atoms with Gasteiger partial charge in [-0.2, -0.15) is 11.8 Å². The van der Waals surface area contributed by atoms with Crippen LogP contribution in [0, 0.1) is 5.41 Å². The van der Waals surface area contributed by atoms with Crippen molar-refractivity contribution in [3.8, 4) is 0 Å². The molecule has 1 fully saturated rings. The second-order valence-electron chi connectivity index (χ2n) is 6.67. The highest BCUT2D eigenvalue weighted by atomic mass is 32.2. The first-order chi connectivity index (χ1) is 9.17. The number of rotatable bonds is 2. The fourth-order valence-corrected chi connectivity index (χ4v) is 4.59. The van der Waals surface area contributed by atoms with E-state index in [9.17, 15) is 0 Å². The molecule has 1 aromatic carbocycles. The molecule has 19 heavy (non-hydrogen) atoms. The summed E-state index contributed by atoms with van der Waals surface area (Å²) in [4.78, 5) is 0. The van der Waals surface area contributed by atoms with E-state index in [4.69, 9.17) is 0 Å². The summed E-state index contributed by atoms with van der Waals surface area (Å²) in [6, 6.07) is 10.3.